The Morgan fingerprint density at radius 2 is 1.71 bits per heavy atom. The Hall–Kier alpha value is -2.25. The summed E-state index contributed by atoms with van der Waals surface area (Å²) in [7, 11) is 0. The van der Waals surface area contributed by atoms with Crippen molar-refractivity contribution >= 4 is 65.1 Å². The average Bonchev–Trinajstić information content (AvgIpc) is 3.27. The number of halogens is 3. The van der Waals surface area contributed by atoms with Gasteiger partial charge in [-0.25, -0.2) is 4.98 Å². The Balaban J connectivity index is 0.00000320. The molecule has 0 aliphatic carbocycles. The van der Waals surface area contributed by atoms with Gasteiger partial charge in [0, 0.05) is 56.0 Å². The van der Waals surface area contributed by atoms with Crippen LogP contribution in [-0.4, -0.2) is 82.4 Å². The number of hydrogen-bond acceptors (Lipinski definition) is 7. The van der Waals surface area contributed by atoms with Crippen molar-refractivity contribution in [2.24, 2.45) is 5.73 Å². The van der Waals surface area contributed by atoms with Gasteiger partial charge in [0.05, 0.1) is 29.8 Å². The molecule has 0 amide bonds. The molecule has 5 rings (SSSR count). The Bertz CT molecular complexity index is 1280. The molecule has 7 N–H and O–H groups in total. The molecule has 4 aromatic rings. The first kappa shape index (κ1) is 38.8. The fourth-order valence-corrected chi connectivity index (χ4v) is 5.04. The van der Waals surface area contributed by atoms with Crippen molar-refractivity contribution in [3.63, 3.8) is 0 Å². The number of anilines is 1. The highest BCUT2D eigenvalue weighted by atomic mass is 35.5. The van der Waals surface area contributed by atoms with Gasteiger partial charge >= 0.3 is 0 Å². The van der Waals surface area contributed by atoms with E-state index in [4.69, 9.17) is 25.2 Å². The zero-order valence-electron chi connectivity index (χ0n) is 23.2. The van der Waals surface area contributed by atoms with Crippen LogP contribution in [0.3, 0.4) is 0 Å². The van der Waals surface area contributed by atoms with Crippen LogP contribution in [-0.2, 0) is 9.47 Å². The van der Waals surface area contributed by atoms with Crippen molar-refractivity contribution in [2.45, 2.75) is 32.0 Å². The molecule has 230 valence electrons. The SMILES string of the molecule is CCOCCOC(c1cccc2cccnc12)n1c(NC2CCN(CCN)CC2)nc2ccccc21.Cl.Cl.Cl.O.O. The molecule has 1 aliphatic heterocycles. The molecule has 2 aromatic heterocycles. The fraction of sp³-hybridized carbons (Fsp3) is 0.429. The molecule has 1 saturated heterocycles. The minimum atomic E-state index is -0.406. The number of nitrogens with two attached hydrogens (primary N) is 1. The van der Waals surface area contributed by atoms with E-state index in [9.17, 15) is 0 Å². The van der Waals surface area contributed by atoms with E-state index in [1.807, 2.05) is 31.3 Å². The maximum Gasteiger partial charge on any atom is 0.206 e. The summed E-state index contributed by atoms with van der Waals surface area (Å²) in [5, 5.41) is 4.85. The van der Waals surface area contributed by atoms with E-state index in [0.717, 1.165) is 65.9 Å². The number of ether oxygens (including phenoxy) is 2. The minimum Gasteiger partial charge on any atom is -0.412 e. The number of nitrogens with one attached hydrogen (secondary N) is 1. The number of likely N-dealkylation sites (tertiary alicyclic amines) is 1. The van der Waals surface area contributed by atoms with Crippen LogP contribution in [0.15, 0.2) is 60.8 Å². The molecule has 1 atom stereocenters. The third-order valence-electron chi connectivity index (χ3n) is 6.83. The number of nitrogens with zero attached hydrogens (tertiary/aromatic N) is 4. The highest BCUT2D eigenvalue weighted by Gasteiger charge is 2.26. The van der Waals surface area contributed by atoms with Crippen LogP contribution in [0.4, 0.5) is 5.95 Å². The normalized spacial score (nSPS) is 14.1. The van der Waals surface area contributed by atoms with Crippen LogP contribution in [0.5, 0.6) is 0 Å². The van der Waals surface area contributed by atoms with Gasteiger partial charge in [-0.1, -0.05) is 36.4 Å². The summed E-state index contributed by atoms with van der Waals surface area (Å²) < 4.78 is 14.4. The predicted octanol–water partition coefficient (Wildman–Crippen LogP) is 3.64. The zero-order chi connectivity index (χ0) is 24.7. The van der Waals surface area contributed by atoms with E-state index in [1.54, 1.807) is 0 Å². The molecule has 0 spiro atoms. The van der Waals surface area contributed by atoms with Gasteiger partial charge in [-0.3, -0.25) is 9.55 Å². The second-order valence-electron chi connectivity index (χ2n) is 9.19. The van der Waals surface area contributed by atoms with Gasteiger partial charge in [-0.2, -0.15) is 0 Å². The third kappa shape index (κ3) is 9.12. The van der Waals surface area contributed by atoms with E-state index in [0.29, 0.717) is 32.4 Å². The lowest BCUT2D eigenvalue weighted by Crippen LogP contribution is -2.41. The number of benzene rings is 2. The topological polar surface area (TPSA) is 153 Å². The van der Waals surface area contributed by atoms with Gasteiger partial charge in [0.1, 0.15) is 0 Å². The van der Waals surface area contributed by atoms with Gasteiger partial charge in [-0.15, -0.1) is 37.2 Å². The summed E-state index contributed by atoms with van der Waals surface area (Å²) in [6, 6.07) is 18.9. The van der Waals surface area contributed by atoms with Gasteiger partial charge < -0.3 is 36.4 Å². The Kier molecular flexibility index (Phi) is 18.0. The van der Waals surface area contributed by atoms with Gasteiger partial charge in [0.2, 0.25) is 5.95 Å². The molecule has 0 saturated carbocycles. The smallest absolute Gasteiger partial charge is 0.206 e. The highest BCUT2D eigenvalue weighted by Crippen LogP contribution is 2.33. The fourth-order valence-electron chi connectivity index (χ4n) is 5.04. The summed E-state index contributed by atoms with van der Waals surface area (Å²) in [6.07, 6.45) is 3.53. The van der Waals surface area contributed by atoms with Gasteiger partial charge in [0.15, 0.2) is 6.23 Å². The molecule has 10 nitrogen and oxygen atoms in total. The molecule has 0 bridgehead atoms. The molecular formula is C28H43Cl3N6O4. The zero-order valence-corrected chi connectivity index (χ0v) is 25.6. The van der Waals surface area contributed by atoms with Crippen LogP contribution < -0.4 is 11.1 Å². The monoisotopic (exact) mass is 632 g/mol. The number of para-hydroxylation sites is 3. The number of fused-ring (bicyclic) bond motifs is 2. The molecular weight excluding hydrogens is 591 g/mol. The Morgan fingerprint density at radius 3 is 2.44 bits per heavy atom. The van der Waals surface area contributed by atoms with E-state index in [2.05, 4.69) is 51.2 Å². The molecule has 13 heteroatoms. The molecule has 1 unspecified atom stereocenters. The highest BCUT2D eigenvalue weighted by molar-refractivity contribution is 5.86. The van der Waals surface area contributed by atoms with Crippen LogP contribution >= 0.6 is 37.2 Å². The molecule has 3 heterocycles. The maximum absolute atomic E-state index is 6.57. The van der Waals surface area contributed by atoms with Crippen LogP contribution in [0, 0.1) is 0 Å². The lowest BCUT2D eigenvalue weighted by molar-refractivity contribution is -0.00389. The number of aromatic nitrogens is 3. The Labute approximate surface area is 259 Å². The summed E-state index contributed by atoms with van der Waals surface area (Å²) in [5.74, 6) is 0.822. The average molecular weight is 634 g/mol. The van der Waals surface area contributed by atoms with Crippen molar-refractivity contribution in [3.8, 4) is 0 Å². The minimum absolute atomic E-state index is 0. The largest absolute Gasteiger partial charge is 0.412 e. The van der Waals surface area contributed by atoms with Crippen molar-refractivity contribution in [3.05, 3.63) is 66.4 Å². The van der Waals surface area contributed by atoms with Crippen molar-refractivity contribution in [2.75, 3.05) is 51.3 Å². The van der Waals surface area contributed by atoms with Crippen molar-refractivity contribution in [1.82, 2.24) is 19.4 Å². The second-order valence-corrected chi connectivity index (χ2v) is 9.19. The maximum atomic E-state index is 6.57. The number of pyridine rings is 1. The van der Waals surface area contributed by atoms with Crippen molar-refractivity contribution < 1.29 is 20.4 Å². The Morgan fingerprint density at radius 1 is 0.976 bits per heavy atom. The molecule has 1 fully saturated rings. The predicted molar refractivity (Wildman–Crippen MR) is 173 cm³/mol. The second kappa shape index (κ2) is 19.0. The first-order valence-corrected chi connectivity index (χ1v) is 13.0. The summed E-state index contributed by atoms with van der Waals surface area (Å²) in [4.78, 5) is 12.2. The first-order valence-electron chi connectivity index (χ1n) is 13.0. The van der Waals surface area contributed by atoms with Crippen LogP contribution in [0.2, 0.25) is 0 Å². The van der Waals surface area contributed by atoms with E-state index in [1.165, 1.54) is 0 Å². The van der Waals surface area contributed by atoms with E-state index >= 15 is 0 Å². The first-order chi connectivity index (χ1) is 17.8. The van der Waals surface area contributed by atoms with Crippen LogP contribution in [0.25, 0.3) is 21.9 Å². The van der Waals surface area contributed by atoms with Gasteiger partial charge in [-0.05, 0) is 38.0 Å². The standard InChI is InChI=1S/C28H36N6O2.3ClH.2H2O/c1-2-35-19-20-36-27(23-9-5-7-21-8-6-15-30-26(21)23)34-25-11-4-3-10-24(25)32-28(34)31-22-12-16-33(17-13-22)18-14-29;;;;;/h3-11,15,22,27H,2,12-14,16-20,29H2,1H3,(H,31,32);3*1H;2*1H2. The lowest BCUT2D eigenvalue weighted by atomic mass is 10.1. The quantitative estimate of drug-likeness (QED) is 0.239. The van der Waals surface area contributed by atoms with Crippen molar-refractivity contribution in [1.29, 1.82) is 0 Å². The molecule has 41 heavy (non-hydrogen) atoms. The lowest BCUT2D eigenvalue weighted by Gasteiger charge is -2.33. The summed E-state index contributed by atoms with van der Waals surface area (Å²) in [6.45, 7) is 7.38. The number of imidazole rings is 1. The number of rotatable bonds is 11. The van der Waals surface area contributed by atoms with Gasteiger partial charge in [0.25, 0.3) is 0 Å². The molecule has 2 aromatic carbocycles. The number of piperidine rings is 1. The summed E-state index contributed by atoms with van der Waals surface area (Å²) >= 11 is 0. The van der Waals surface area contributed by atoms with E-state index < -0.39 is 6.23 Å². The van der Waals surface area contributed by atoms with Crippen LogP contribution in [0.1, 0.15) is 31.6 Å². The summed E-state index contributed by atoms with van der Waals surface area (Å²) in [5.41, 5.74) is 9.67. The number of hydrogen-bond donors (Lipinski definition) is 2. The molecule has 1 aliphatic rings. The van der Waals surface area contributed by atoms with E-state index in [-0.39, 0.29) is 48.2 Å². The third-order valence-corrected chi connectivity index (χ3v) is 6.83. The molecule has 0 radical (unpaired) electrons.